The maximum atomic E-state index is 12.3. The summed E-state index contributed by atoms with van der Waals surface area (Å²) in [5, 5.41) is 8.68. The minimum atomic E-state index is -4.47. The van der Waals surface area contributed by atoms with Crippen molar-refractivity contribution in [3.63, 3.8) is 0 Å². The fourth-order valence-corrected chi connectivity index (χ4v) is 1.17. The van der Waals surface area contributed by atoms with Crippen molar-refractivity contribution in [2.24, 2.45) is 0 Å². The second kappa shape index (κ2) is 4.06. The molecule has 0 aromatic carbocycles. The van der Waals surface area contributed by atoms with Crippen LogP contribution in [0.25, 0.3) is 5.57 Å². The fraction of sp³-hybridized carbons (Fsp3) is 0.444. The van der Waals surface area contributed by atoms with Crippen LogP contribution in [-0.2, 0) is 12.7 Å². The highest BCUT2D eigenvalue weighted by Crippen LogP contribution is 2.29. The van der Waals surface area contributed by atoms with E-state index in [0.29, 0.717) is 5.57 Å². The van der Waals surface area contributed by atoms with Crippen LogP contribution in [0.1, 0.15) is 18.4 Å². The third-order valence-corrected chi connectivity index (χ3v) is 1.79. The lowest BCUT2D eigenvalue weighted by atomic mass is 10.3. The topological polar surface area (TPSA) is 38.0 Å². The Morgan fingerprint density at radius 1 is 1.60 bits per heavy atom. The number of aromatic nitrogens is 2. The van der Waals surface area contributed by atoms with Crippen LogP contribution >= 0.6 is 0 Å². The van der Waals surface area contributed by atoms with Gasteiger partial charge in [0.1, 0.15) is 5.82 Å². The Bertz CT molecular complexity index is 368. The van der Waals surface area contributed by atoms with Crippen LogP contribution in [0.15, 0.2) is 12.8 Å². The van der Waals surface area contributed by atoms with Gasteiger partial charge in [-0.05, 0) is 12.5 Å². The summed E-state index contributed by atoms with van der Waals surface area (Å²) < 4.78 is 38.2. The van der Waals surface area contributed by atoms with Gasteiger partial charge >= 0.3 is 6.18 Å². The molecule has 1 aromatic heterocycles. The number of rotatable bonds is 3. The molecule has 84 valence electrons. The van der Waals surface area contributed by atoms with Gasteiger partial charge in [-0.2, -0.15) is 13.2 Å². The number of aliphatic hydroxyl groups excluding tert-OH is 1. The first-order valence-electron chi connectivity index (χ1n) is 4.27. The summed E-state index contributed by atoms with van der Waals surface area (Å²) in [6, 6.07) is 0. The smallest absolute Gasteiger partial charge is 0.395 e. The van der Waals surface area contributed by atoms with Crippen molar-refractivity contribution >= 4 is 5.57 Å². The molecule has 1 aromatic rings. The normalized spacial score (nSPS) is 11.8. The van der Waals surface area contributed by atoms with Gasteiger partial charge in [-0.15, -0.1) is 0 Å². The Hall–Kier alpha value is -1.30. The lowest BCUT2D eigenvalue weighted by molar-refractivity contribution is -0.141. The summed E-state index contributed by atoms with van der Waals surface area (Å²) in [4.78, 5) is 3.43. The predicted octanol–water partition coefficient (Wildman–Crippen LogP) is 1.93. The van der Waals surface area contributed by atoms with Crippen LogP contribution in [0, 0.1) is 0 Å². The van der Waals surface area contributed by atoms with E-state index in [1.807, 2.05) is 0 Å². The quantitative estimate of drug-likeness (QED) is 0.845. The number of halogens is 3. The van der Waals surface area contributed by atoms with E-state index in [1.165, 1.54) is 4.57 Å². The van der Waals surface area contributed by atoms with Crippen LogP contribution in [0.3, 0.4) is 0 Å². The number of hydrogen-bond acceptors (Lipinski definition) is 2. The molecule has 0 radical (unpaired) electrons. The number of nitrogens with zero attached hydrogens (tertiary/aromatic N) is 2. The maximum Gasteiger partial charge on any atom is 0.434 e. The molecule has 1 heterocycles. The lowest BCUT2D eigenvalue weighted by Crippen LogP contribution is -2.05. The molecule has 0 aliphatic carbocycles. The third kappa shape index (κ3) is 2.59. The Morgan fingerprint density at radius 3 is 2.60 bits per heavy atom. The molecule has 0 fully saturated rings. The van der Waals surface area contributed by atoms with Crippen molar-refractivity contribution < 1.29 is 18.3 Å². The number of imidazole rings is 1. The summed E-state index contributed by atoms with van der Waals surface area (Å²) in [5.74, 6) is 0.149. The molecule has 0 aliphatic rings. The predicted molar refractivity (Wildman–Crippen MR) is 49.0 cm³/mol. The van der Waals surface area contributed by atoms with E-state index < -0.39 is 11.9 Å². The zero-order chi connectivity index (χ0) is 11.6. The molecule has 0 amide bonds. The SMILES string of the molecule is C=C(C)c1nc(C(F)(F)F)cn1CCO. The van der Waals surface area contributed by atoms with Gasteiger partial charge < -0.3 is 9.67 Å². The molecule has 0 aliphatic heterocycles. The van der Waals surface area contributed by atoms with E-state index in [9.17, 15) is 13.2 Å². The molecular weight excluding hydrogens is 209 g/mol. The Morgan fingerprint density at radius 2 is 2.20 bits per heavy atom. The van der Waals surface area contributed by atoms with Gasteiger partial charge in [-0.1, -0.05) is 6.58 Å². The van der Waals surface area contributed by atoms with Crippen LogP contribution in [0.5, 0.6) is 0 Å². The van der Waals surface area contributed by atoms with Crippen LogP contribution in [0.4, 0.5) is 13.2 Å². The zero-order valence-electron chi connectivity index (χ0n) is 8.17. The van der Waals surface area contributed by atoms with Gasteiger partial charge in [0.05, 0.1) is 6.61 Å². The highest BCUT2D eigenvalue weighted by atomic mass is 19.4. The molecule has 0 saturated heterocycles. The Labute approximate surface area is 84.9 Å². The average Bonchev–Trinajstić information content (AvgIpc) is 2.48. The van der Waals surface area contributed by atoms with Gasteiger partial charge in [0.15, 0.2) is 5.69 Å². The van der Waals surface area contributed by atoms with Gasteiger partial charge in [-0.3, -0.25) is 0 Å². The Balaban J connectivity index is 3.15. The van der Waals surface area contributed by atoms with Crippen molar-refractivity contribution in [2.75, 3.05) is 6.61 Å². The van der Waals surface area contributed by atoms with Gasteiger partial charge in [0.2, 0.25) is 0 Å². The summed E-state index contributed by atoms with van der Waals surface area (Å²) >= 11 is 0. The fourth-order valence-electron chi connectivity index (χ4n) is 1.17. The van der Waals surface area contributed by atoms with Crippen molar-refractivity contribution in [1.29, 1.82) is 0 Å². The minimum Gasteiger partial charge on any atom is -0.395 e. The van der Waals surface area contributed by atoms with E-state index in [4.69, 9.17) is 5.11 Å². The van der Waals surface area contributed by atoms with Crippen molar-refractivity contribution in [3.8, 4) is 0 Å². The van der Waals surface area contributed by atoms with E-state index in [-0.39, 0.29) is 19.0 Å². The average molecular weight is 220 g/mol. The molecule has 0 spiro atoms. The van der Waals surface area contributed by atoms with E-state index >= 15 is 0 Å². The molecule has 1 N–H and O–H groups in total. The first kappa shape index (κ1) is 11.8. The Kier molecular flexibility index (Phi) is 3.18. The largest absolute Gasteiger partial charge is 0.434 e. The number of alkyl halides is 3. The van der Waals surface area contributed by atoms with E-state index in [0.717, 1.165) is 6.20 Å². The minimum absolute atomic E-state index is 0.0747. The van der Waals surface area contributed by atoms with Crippen molar-refractivity contribution in [3.05, 3.63) is 24.3 Å². The van der Waals surface area contributed by atoms with Crippen molar-refractivity contribution in [2.45, 2.75) is 19.6 Å². The third-order valence-electron chi connectivity index (χ3n) is 1.79. The molecule has 0 unspecified atom stereocenters. The summed E-state index contributed by atoms with van der Waals surface area (Å²) in [6.07, 6.45) is -3.59. The monoisotopic (exact) mass is 220 g/mol. The highest BCUT2D eigenvalue weighted by molar-refractivity contribution is 5.55. The molecule has 15 heavy (non-hydrogen) atoms. The van der Waals surface area contributed by atoms with Crippen molar-refractivity contribution in [1.82, 2.24) is 9.55 Å². The van der Waals surface area contributed by atoms with Crippen LogP contribution in [0.2, 0.25) is 0 Å². The molecule has 0 saturated carbocycles. The first-order chi connectivity index (χ1) is 6.86. The molecule has 6 heteroatoms. The lowest BCUT2D eigenvalue weighted by Gasteiger charge is -2.03. The molecular formula is C9H11F3N2O. The molecule has 3 nitrogen and oxygen atoms in total. The van der Waals surface area contributed by atoms with Crippen LogP contribution in [-0.4, -0.2) is 21.3 Å². The van der Waals surface area contributed by atoms with E-state index in [1.54, 1.807) is 6.92 Å². The summed E-state index contributed by atoms with van der Waals surface area (Å²) in [7, 11) is 0. The molecule has 1 rings (SSSR count). The van der Waals surface area contributed by atoms with E-state index in [2.05, 4.69) is 11.6 Å². The van der Waals surface area contributed by atoms with Gasteiger partial charge in [-0.25, -0.2) is 4.98 Å². The first-order valence-corrected chi connectivity index (χ1v) is 4.27. The summed E-state index contributed by atoms with van der Waals surface area (Å²) in [5.41, 5.74) is -0.534. The second-order valence-electron chi connectivity index (χ2n) is 3.14. The number of allylic oxidation sites excluding steroid dienone is 1. The summed E-state index contributed by atoms with van der Waals surface area (Å²) in [6.45, 7) is 4.93. The van der Waals surface area contributed by atoms with Gasteiger partial charge in [0.25, 0.3) is 0 Å². The number of hydrogen-bond donors (Lipinski definition) is 1. The zero-order valence-corrected chi connectivity index (χ0v) is 8.17. The highest BCUT2D eigenvalue weighted by Gasteiger charge is 2.34. The van der Waals surface area contributed by atoms with Crippen LogP contribution < -0.4 is 0 Å². The molecule has 0 bridgehead atoms. The molecule has 0 atom stereocenters. The van der Waals surface area contributed by atoms with Gasteiger partial charge in [0, 0.05) is 12.7 Å². The second-order valence-corrected chi connectivity index (χ2v) is 3.14. The maximum absolute atomic E-state index is 12.3. The standard InChI is InChI=1S/C9H11F3N2O/c1-6(2)8-13-7(9(10,11)12)5-14(8)3-4-15/h5,15H,1,3-4H2,2H3. The number of aliphatic hydroxyl groups is 1.